The predicted molar refractivity (Wildman–Crippen MR) is 98.2 cm³/mol. The van der Waals surface area contributed by atoms with Gasteiger partial charge in [0.15, 0.2) is 0 Å². The van der Waals surface area contributed by atoms with Crippen LogP contribution >= 0.6 is 54.5 Å². The predicted octanol–water partition coefficient (Wildman–Crippen LogP) is 5.07. The number of methoxy groups -OCH3 is 1. The molecule has 5 heteroatoms. The van der Waals surface area contributed by atoms with Crippen LogP contribution in [0.1, 0.15) is 17.2 Å². The standard InChI is InChI=1S/C15H14Br2INO/c1-20-15-5-2-10(16)6-9(15)7-14(19)12-8-11(18)3-4-13(12)17/h2-6,8,14H,7,19H2,1H3. The van der Waals surface area contributed by atoms with E-state index in [1.54, 1.807) is 7.11 Å². The third-order valence-electron chi connectivity index (χ3n) is 3.04. The summed E-state index contributed by atoms with van der Waals surface area (Å²) in [5.74, 6) is 0.866. The maximum absolute atomic E-state index is 6.37. The van der Waals surface area contributed by atoms with Crippen LogP contribution in [0.5, 0.6) is 5.75 Å². The lowest BCUT2D eigenvalue weighted by Crippen LogP contribution is -2.14. The van der Waals surface area contributed by atoms with Gasteiger partial charge in [-0.3, -0.25) is 0 Å². The van der Waals surface area contributed by atoms with Crippen LogP contribution in [0.3, 0.4) is 0 Å². The molecule has 0 bridgehead atoms. The number of halogens is 3. The molecule has 0 aromatic heterocycles. The van der Waals surface area contributed by atoms with Crippen LogP contribution in [0.2, 0.25) is 0 Å². The summed E-state index contributed by atoms with van der Waals surface area (Å²) in [4.78, 5) is 0. The highest BCUT2D eigenvalue weighted by molar-refractivity contribution is 14.1. The van der Waals surface area contributed by atoms with Gasteiger partial charge in [-0.1, -0.05) is 31.9 Å². The minimum absolute atomic E-state index is 0.0812. The molecule has 2 aromatic rings. The first-order chi connectivity index (χ1) is 9.51. The molecule has 106 valence electrons. The molecule has 1 unspecified atom stereocenters. The monoisotopic (exact) mass is 509 g/mol. The van der Waals surface area contributed by atoms with Gasteiger partial charge in [0.1, 0.15) is 5.75 Å². The Bertz CT molecular complexity index is 619. The molecule has 0 heterocycles. The first kappa shape index (κ1) is 16.3. The van der Waals surface area contributed by atoms with Gasteiger partial charge in [-0.25, -0.2) is 0 Å². The molecule has 0 saturated heterocycles. The summed E-state index contributed by atoms with van der Waals surface area (Å²) >= 11 is 9.36. The third kappa shape index (κ3) is 3.96. The van der Waals surface area contributed by atoms with Crippen molar-refractivity contribution in [1.82, 2.24) is 0 Å². The van der Waals surface area contributed by atoms with Crippen LogP contribution in [0.15, 0.2) is 45.3 Å². The van der Waals surface area contributed by atoms with Crippen molar-refractivity contribution in [3.63, 3.8) is 0 Å². The van der Waals surface area contributed by atoms with Gasteiger partial charge in [0.25, 0.3) is 0 Å². The van der Waals surface area contributed by atoms with E-state index in [0.717, 1.165) is 32.2 Å². The van der Waals surface area contributed by atoms with E-state index >= 15 is 0 Å². The summed E-state index contributed by atoms with van der Waals surface area (Å²) in [5, 5.41) is 0. The van der Waals surface area contributed by atoms with Gasteiger partial charge in [-0.2, -0.15) is 0 Å². The zero-order valence-electron chi connectivity index (χ0n) is 10.9. The molecule has 0 radical (unpaired) electrons. The fourth-order valence-electron chi connectivity index (χ4n) is 2.05. The van der Waals surface area contributed by atoms with Crippen LogP contribution in [-0.2, 0) is 6.42 Å². The number of hydrogen-bond acceptors (Lipinski definition) is 2. The fraction of sp³-hybridized carbons (Fsp3) is 0.200. The third-order valence-corrected chi connectivity index (χ3v) is 4.93. The molecule has 2 aromatic carbocycles. The molecule has 0 saturated carbocycles. The van der Waals surface area contributed by atoms with Crippen molar-refractivity contribution in [3.8, 4) is 5.75 Å². The van der Waals surface area contributed by atoms with Crippen LogP contribution < -0.4 is 10.5 Å². The Balaban J connectivity index is 2.29. The summed E-state index contributed by atoms with van der Waals surface area (Å²) < 4.78 is 8.65. The van der Waals surface area contributed by atoms with Gasteiger partial charge < -0.3 is 10.5 Å². The average molecular weight is 511 g/mol. The van der Waals surface area contributed by atoms with Crippen molar-refractivity contribution in [3.05, 3.63) is 60.0 Å². The van der Waals surface area contributed by atoms with Gasteiger partial charge >= 0.3 is 0 Å². The minimum Gasteiger partial charge on any atom is -0.496 e. The van der Waals surface area contributed by atoms with Crippen LogP contribution in [0.4, 0.5) is 0 Å². The average Bonchev–Trinajstić information content (AvgIpc) is 2.41. The molecule has 0 aliphatic heterocycles. The van der Waals surface area contributed by atoms with Gasteiger partial charge in [0, 0.05) is 18.6 Å². The van der Waals surface area contributed by atoms with E-state index in [4.69, 9.17) is 10.5 Å². The Hall–Kier alpha value is -0.110. The highest BCUT2D eigenvalue weighted by Gasteiger charge is 2.14. The molecule has 0 aliphatic carbocycles. The van der Waals surface area contributed by atoms with E-state index < -0.39 is 0 Å². The lowest BCUT2D eigenvalue weighted by molar-refractivity contribution is 0.408. The molecular formula is C15H14Br2INO. The molecule has 2 nitrogen and oxygen atoms in total. The van der Waals surface area contributed by atoms with Crippen molar-refractivity contribution in [2.45, 2.75) is 12.5 Å². The Kier molecular flexibility index (Phi) is 5.89. The van der Waals surface area contributed by atoms with Crippen LogP contribution in [0.25, 0.3) is 0 Å². The first-order valence-corrected chi connectivity index (χ1v) is 8.70. The zero-order valence-corrected chi connectivity index (χ0v) is 16.2. The molecule has 2 N–H and O–H groups in total. The highest BCUT2D eigenvalue weighted by atomic mass is 127. The summed E-state index contributed by atoms with van der Waals surface area (Å²) in [6.07, 6.45) is 0.724. The molecule has 0 amide bonds. The van der Waals surface area contributed by atoms with E-state index in [1.165, 1.54) is 3.57 Å². The summed E-state index contributed by atoms with van der Waals surface area (Å²) in [5.41, 5.74) is 8.57. The fourth-order valence-corrected chi connectivity index (χ4v) is 3.52. The minimum atomic E-state index is -0.0812. The summed E-state index contributed by atoms with van der Waals surface area (Å²) in [7, 11) is 1.68. The SMILES string of the molecule is COc1ccc(Br)cc1CC(N)c1cc(I)ccc1Br. The number of hydrogen-bond donors (Lipinski definition) is 1. The van der Waals surface area contributed by atoms with Gasteiger partial charge in [0.05, 0.1) is 7.11 Å². The maximum atomic E-state index is 6.37. The molecular weight excluding hydrogens is 497 g/mol. The van der Waals surface area contributed by atoms with E-state index in [2.05, 4.69) is 72.6 Å². The Morgan fingerprint density at radius 2 is 1.95 bits per heavy atom. The molecule has 0 fully saturated rings. The maximum Gasteiger partial charge on any atom is 0.122 e. The zero-order chi connectivity index (χ0) is 14.7. The van der Waals surface area contributed by atoms with Crippen LogP contribution in [-0.4, -0.2) is 7.11 Å². The topological polar surface area (TPSA) is 35.2 Å². The summed E-state index contributed by atoms with van der Waals surface area (Å²) in [6, 6.07) is 12.1. The van der Waals surface area contributed by atoms with E-state index in [0.29, 0.717) is 0 Å². The van der Waals surface area contributed by atoms with Crippen LogP contribution in [0, 0.1) is 3.57 Å². The highest BCUT2D eigenvalue weighted by Crippen LogP contribution is 2.30. The Morgan fingerprint density at radius 1 is 1.20 bits per heavy atom. The second kappa shape index (κ2) is 7.24. The van der Waals surface area contributed by atoms with Crippen molar-refractivity contribution in [1.29, 1.82) is 0 Å². The van der Waals surface area contributed by atoms with Gasteiger partial charge in [0.2, 0.25) is 0 Å². The number of ether oxygens (including phenoxy) is 1. The van der Waals surface area contributed by atoms with Crippen molar-refractivity contribution >= 4 is 54.5 Å². The normalized spacial score (nSPS) is 12.2. The number of benzene rings is 2. The lowest BCUT2D eigenvalue weighted by Gasteiger charge is -2.16. The van der Waals surface area contributed by atoms with Gasteiger partial charge in [-0.15, -0.1) is 0 Å². The first-order valence-electron chi connectivity index (χ1n) is 6.04. The molecule has 1 atom stereocenters. The molecule has 0 aliphatic rings. The second-order valence-corrected chi connectivity index (χ2v) is 7.45. The van der Waals surface area contributed by atoms with E-state index in [1.807, 2.05) is 18.2 Å². The quantitative estimate of drug-likeness (QED) is 0.583. The Labute approximate surface area is 149 Å². The number of rotatable bonds is 4. The lowest BCUT2D eigenvalue weighted by atomic mass is 9.99. The van der Waals surface area contributed by atoms with E-state index in [-0.39, 0.29) is 6.04 Å². The Morgan fingerprint density at radius 3 is 2.65 bits per heavy atom. The van der Waals surface area contributed by atoms with Crippen molar-refractivity contribution < 1.29 is 4.74 Å². The smallest absolute Gasteiger partial charge is 0.122 e. The van der Waals surface area contributed by atoms with Crippen molar-refractivity contribution in [2.24, 2.45) is 5.73 Å². The van der Waals surface area contributed by atoms with Crippen molar-refractivity contribution in [2.75, 3.05) is 7.11 Å². The summed E-state index contributed by atoms with van der Waals surface area (Å²) in [6.45, 7) is 0. The van der Waals surface area contributed by atoms with E-state index in [9.17, 15) is 0 Å². The number of nitrogens with two attached hydrogens (primary N) is 1. The molecule has 0 spiro atoms. The molecule has 20 heavy (non-hydrogen) atoms. The molecule has 2 rings (SSSR count). The second-order valence-electron chi connectivity index (χ2n) is 4.43. The largest absolute Gasteiger partial charge is 0.496 e. The van der Waals surface area contributed by atoms with Gasteiger partial charge in [-0.05, 0) is 76.5 Å².